The van der Waals surface area contributed by atoms with Gasteiger partial charge >= 0.3 is 0 Å². The van der Waals surface area contributed by atoms with Crippen LogP contribution in [0.25, 0.3) is 0 Å². The van der Waals surface area contributed by atoms with Crippen molar-refractivity contribution < 1.29 is 9.59 Å². The van der Waals surface area contributed by atoms with Crippen molar-refractivity contribution in [2.45, 2.75) is 25.7 Å². The van der Waals surface area contributed by atoms with Crippen molar-refractivity contribution in [3.63, 3.8) is 0 Å². The van der Waals surface area contributed by atoms with Gasteiger partial charge < -0.3 is 10.6 Å². The predicted octanol–water partition coefficient (Wildman–Crippen LogP) is 2.58. The largest absolute Gasteiger partial charge is 0.355 e. The number of hydrogen-bond donors (Lipinski definition) is 2. The molecule has 0 heterocycles. The molecule has 2 amide bonds. The van der Waals surface area contributed by atoms with Crippen LogP contribution in [0.15, 0.2) is 24.3 Å². The molecule has 1 aliphatic rings. The van der Waals surface area contributed by atoms with Crippen LogP contribution in [0.4, 0.5) is 5.69 Å². The van der Waals surface area contributed by atoms with Gasteiger partial charge in [-0.3, -0.25) is 9.59 Å². The summed E-state index contributed by atoms with van der Waals surface area (Å²) in [5, 5.41) is 6.17. The summed E-state index contributed by atoms with van der Waals surface area (Å²) in [5.41, 5.74) is 0.708. The zero-order valence-corrected chi connectivity index (χ0v) is 11.4. The summed E-state index contributed by atoms with van der Waals surface area (Å²) in [7, 11) is 0. The van der Waals surface area contributed by atoms with E-state index in [0.717, 1.165) is 19.3 Å². The first-order chi connectivity index (χ1) is 9.15. The van der Waals surface area contributed by atoms with E-state index in [9.17, 15) is 9.59 Å². The molecule has 1 aromatic rings. The molecule has 2 N–H and O–H groups in total. The number of rotatable bonds is 5. The maximum atomic E-state index is 11.6. The van der Waals surface area contributed by atoms with Gasteiger partial charge in [-0.05, 0) is 37.1 Å². The Morgan fingerprint density at radius 3 is 2.47 bits per heavy atom. The lowest BCUT2D eigenvalue weighted by molar-refractivity contribution is -0.127. The molecule has 19 heavy (non-hydrogen) atoms. The average Bonchev–Trinajstić information content (AvgIpc) is 2.30. The normalized spacial score (nSPS) is 14.6. The Labute approximate surface area is 117 Å². The smallest absolute Gasteiger partial charge is 0.226 e. The molecule has 0 atom stereocenters. The second kappa shape index (κ2) is 6.57. The Bertz CT molecular complexity index is 455. The maximum Gasteiger partial charge on any atom is 0.226 e. The third kappa shape index (κ3) is 4.24. The lowest BCUT2D eigenvalue weighted by Gasteiger charge is -2.23. The highest BCUT2D eigenvalue weighted by molar-refractivity contribution is 6.30. The second-order valence-corrected chi connectivity index (χ2v) is 5.16. The van der Waals surface area contributed by atoms with Gasteiger partial charge in [0.25, 0.3) is 0 Å². The summed E-state index contributed by atoms with van der Waals surface area (Å²) in [6, 6.07) is 6.92. The van der Waals surface area contributed by atoms with Crippen LogP contribution < -0.4 is 10.6 Å². The van der Waals surface area contributed by atoms with Crippen LogP contribution in [0.5, 0.6) is 0 Å². The molecule has 1 fully saturated rings. The third-order valence-corrected chi connectivity index (χ3v) is 3.51. The maximum absolute atomic E-state index is 11.6. The van der Waals surface area contributed by atoms with Gasteiger partial charge in [-0.1, -0.05) is 18.0 Å². The van der Waals surface area contributed by atoms with E-state index in [2.05, 4.69) is 10.6 Å². The van der Waals surface area contributed by atoms with E-state index in [0.29, 0.717) is 17.3 Å². The molecule has 1 aliphatic carbocycles. The van der Waals surface area contributed by atoms with Gasteiger partial charge in [0, 0.05) is 29.6 Å². The number of anilines is 1. The van der Waals surface area contributed by atoms with E-state index in [-0.39, 0.29) is 24.2 Å². The molecule has 4 nitrogen and oxygen atoms in total. The zero-order valence-electron chi connectivity index (χ0n) is 10.6. The van der Waals surface area contributed by atoms with Crippen molar-refractivity contribution >= 4 is 29.1 Å². The van der Waals surface area contributed by atoms with Crippen molar-refractivity contribution in [3.05, 3.63) is 29.3 Å². The summed E-state index contributed by atoms with van der Waals surface area (Å²) in [4.78, 5) is 23.2. The molecule has 0 radical (unpaired) electrons. The first kappa shape index (κ1) is 13.9. The minimum atomic E-state index is -0.115. The summed E-state index contributed by atoms with van der Waals surface area (Å²) in [5.74, 6) is 0.126. The lowest BCUT2D eigenvalue weighted by Crippen LogP contribution is -2.36. The Balaban J connectivity index is 1.66. The number of benzene rings is 1. The van der Waals surface area contributed by atoms with E-state index in [1.807, 2.05) is 0 Å². The van der Waals surface area contributed by atoms with Crippen LogP contribution in [-0.2, 0) is 9.59 Å². The number of carbonyl (C=O) groups excluding carboxylic acids is 2. The lowest BCUT2D eigenvalue weighted by atomic mass is 9.85. The molecule has 0 aliphatic heterocycles. The standard InChI is InChI=1S/C14H17ClN2O2/c15-11-4-6-12(7-5-11)17-13(18)8-9-16-14(19)10-2-1-3-10/h4-7,10H,1-3,8-9H2,(H,16,19)(H,17,18). The van der Waals surface area contributed by atoms with Crippen molar-refractivity contribution in [1.29, 1.82) is 0 Å². The highest BCUT2D eigenvalue weighted by atomic mass is 35.5. The highest BCUT2D eigenvalue weighted by Gasteiger charge is 2.24. The topological polar surface area (TPSA) is 58.2 Å². The Morgan fingerprint density at radius 1 is 1.21 bits per heavy atom. The summed E-state index contributed by atoms with van der Waals surface area (Å²) in [6.07, 6.45) is 3.36. The molecule has 0 aromatic heterocycles. The number of nitrogens with one attached hydrogen (secondary N) is 2. The van der Waals surface area contributed by atoms with Crippen LogP contribution in [0.2, 0.25) is 5.02 Å². The minimum Gasteiger partial charge on any atom is -0.355 e. The number of carbonyl (C=O) groups is 2. The van der Waals surface area contributed by atoms with Crippen LogP contribution in [0.3, 0.4) is 0 Å². The van der Waals surface area contributed by atoms with Gasteiger partial charge in [-0.2, -0.15) is 0 Å². The predicted molar refractivity (Wildman–Crippen MR) is 75.0 cm³/mol. The molecule has 102 valence electrons. The molecule has 0 spiro atoms. The zero-order chi connectivity index (χ0) is 13.7. The van der Waals surface area contributed by atoms with E-state index in [4.69, 9.17) is 11.6 Å². The van der Waals surface area contributed by atoms with E-state index in [1.165, 1.54) is 0 Å². The van der Waals surface area contributed by atoms with Crippen LogP contribution in [-0.4, -0.2) is 18.4 Å². The highest BCUT2D eigenvalue weighted by Crippen LogP contribution is 2.26. The van der Waals surface area contributed by atoms with Crippen LogP contribution in [0, 0.1) is 5.92 Å². The number of halogens is 1. The molecule has 2 rings (SSSR count). The second-order valence-electron chi connectivity index (χ2n) is 4.72. The number of hydrogen-bond acceptors (Lipinski definition) is 2. The Morgan fingerprint density at radius 2 is 1.89 bits per heavy atom. The van der Waals surface area contributed by atoms with E-state index < -0.39 is 0 Å². The molecular weight excluding hydrogens is 264 g/mol. The molecule has 1 saturated carbocycles. The molecule has 0 bridgehead atoms. The van der Waals surface area contributed by atoms with Gasteiger partial charge in [0.1, 0.15) is 0 Å². The fourth-order valence-electron chi connectivity index (χ4n) is 1.87. The van der Waals surface area contributed by atoms with Gasteiger partial charge in [-0.25, -0.2) is 0 Å². The Hall–Kier alpha value is -1.55. The van der Waals surface area contributed by atoms with Crippen molar-refractivity contribution in [1.82, 2.24) is 5.32 Å². The summed E-state index contributed by atoms with van der Waals surface area (Å²) in [6.45, 7) is 0.384. The van der Waals surface area contributed by atoms with Crippen molar-refractivity contribution in [2.75, 3.05) is 11.9 Å². The molecule has 0 saturated heterocycles. The molecule has 5 heteroatoms. The van der Waals surface area contributed by atoms with Gasteiger partial charge in [0.2, 0.25) is 11.8 Å². The van der Waals surface area contributed by atoms with Crippen molar-refractivity contribution in [3.8, 4) is 0 Å². The van der Waals surface area contributed by atoms with Gasteiger partial charge in [0.05, 0.1) is 0 Å². The molecular formula is C14H17ClN2O2. The third-order valence-electron chi connectivity index (χ3n) is 3.26. The Kier molecular flexibility index (Phi) is 4.80. The van der Waals surface area contributed by atoms with Gasteiger partial charge in [-0.15, -0.1) is 0 Å². The SMILES string of the molecule is O=C(CCNC(=O)C1CCC1)Nc1ccc(Cl)cc1. The summed E-state index contributed by atoms with van der Waals surface area (Å²) >= 11 is 5.76. The average molecular weight is 281 g/mol. The van der Waals surface area contributed by atoms with E-state index >= 15 is 0 Å². The fourth-order valence-corrected chi connectivity index (χ4v) is 2.00. The van der Waals surface area contributed by atoms with Crippen molar-refractivity contribution in [2.24, 2.45) is 5.92 Å². The van der Waals surface area contributed by atoms with E-state index in [1.54, 1.807) is 24.3 Å². The molecule has 1 aromatic carbocycles. The first-order valence-corrected chi connectivity index (χ1v) is 6.86. The quantitative estimate of drug-likeness (QED) is 0.871. The van der Waals surface area contributed by atoms with Crippen LogP contribution >= 0.6 is 11.6 Å². The fraction of sp³-hybridized carbons (Fsp3) is 0.429. The monoisotopic (exact) mass is 280 g/mol. The first-order valence-electron chi connectivity index (χ1n) is 6.48. The van der Waals surface area contributed by atoms with Crippen LogP contribution in [0.1, 0.15) is 25.7 Å². The minimum absolute atomic E-state index is 0.0746. The number of amides is 2. The molecule has 0 unspecified atom stereocenters. The summed E-state index contributed by atoms with van der Waals surface area (Å²) < 4.78 is 0. The van der Waals surface area contributed by atoms with Gasteiger partial charge in [0.15, 0.2) is 0 Å².